The molecular weight excluding hydrogens is 238 g/mol. The van der Waals surface area contributed by atoms with Gasteiger partial charge in [0.25, 0.3) is 0 Å². The molecule has 1 aromatic rings. The van der Waals surface area contributed by atoms with E-state index >= 15 is 0 Å². The van der Waals surface area contributed by atoms with Crippen molar-refractivity contribution >= 4 is 28.3 Å². The summed E-state index contributed by atoms with van der Waals surface area (Å²) in [5.74, 6) is 1.84. The maximum Gasteiger partial charge on any atom is 0.157 e. The highest BCUT2D eigenvalue weighted by molar-refractivity contribution is 8.13. The lowest BCUT2D eigenvalue weighted by Gasteiger charge is -2.28. The summed E-state index contributed by atoms with van der Waals surface area (Å²) in [6.45, 7) is 5.21. The third kappa shape index (κ3) is 3.22. The zero-order valence-corrected chi connectivity index (χ0v) is 11.3. The molecule has 0 amide bonds. The van der Waals surface area contributed by atoms with Crippen molar-refractivity contribution in [3.8, 4) is 0 Å². The van der Waals surface area contributed by atoms with Gasteiger partial charge in [-0.05, 0) is 12.3 Å². The van der Waals surface area contributed by atoms with Crippen LogP contribution in [0.15, 0.2) is 15.9 Å². The van der Waals surface area contributed by atoms with Gasteiger partial charge in [-0.15, -0.1) is 11.3 Å². The third-order valence-corrected chi connectivity index (χ3v) is 4.24. The Labute approximate surface area is 105 Å². The molecule has 1 N–H and O–H groups in total. The van der Waals surface area contributed by atoms with E-state index in [-0.39, 0.29) is 0 Å². The van der Waals surface area contributed by atoms with Crippen molar-refractivity contribution in [1.29, 1.82) is 0 Å². The van der Waals surface area contributed by atoms with Gasteiger partial charge in [-0.3, -0.25) is 4.99 Å². The minimum atomic E-state index is 0.579. The summed E-state index contributed by atoms with van der Waals surface area (Å²) in [6.07, 6.45) is 1.23. The average Bonchev–Trinajstić information content (AvgIpc) is 2.79. The van der Waals surface area contributed by atoms with Crippen molar-refractivity contribution in [1.82, 2.24) is 10.3 Å². The molecule has 1 saturated heterocycles. The summed E-state index contributed by atoms with van der Waals surface area (Å²) < 4.78 is 0. The molecule has 88 valence electrons. The highest BCUT2D eigenvalue weighted by Crippen LogP contribution is 2.19. The highest BCUT2D eigenvalue weighted by Gasteiger charge is 2.19. The van der Waals surface area contributed by atoms with Crippen LogP contribution in [-0.2, 0) is 6.54 Å². The molecule has 2 rings (SSSR count). The van der Waals surface area contributed by atoms with E-state index in [2.05, 4.69) is 34.5 Å². The molecule has 1 fully saturated rings. The van der Waals surface area contributed by atoms with Gasteiger partial charge in [-0.25, -0.2) is 4.98 Å². The molecule has 1 atom stereocenters. The van der Waals surface area contributed by atoms with Crippen LogP contribution in [0.4, 0.5) is 0 Å². The summed E-state index contributed by atoms with van der Waals surface area (Å²) in [5.41, 5.74) is 2.92. The van der Waals surface area contributed by atoms with Crippen molar-refractivity contribution < 1.29 is 0 Å². The highest BCUT2D eigenvalue weighted by atomic mass is 32.2. The van der Waals surface area contributed by atoms with E-state index in [0.717, 1.165) is 10.9 Å². The smallest absolute Gasteiger partial charge is 0.157 e. The van der Waals surface area contributed by atoms with Crippen LogP contribution in [-0.4, -0.2) is 21.9 Å². The topological polar surface area (TPSA) is 37.3 Å². The zero-order chi connectivity index (χ0) is 11.4. The van der Waals surface area contributed by atoms with Gasteiger partial charge >= 0.3 is 0 Å². The number of thioether (sulfide) groups is 1. The molecule has 0 bridgehead atoms. The summed E-state index contributed by atoms with van der Waals surface area (Å²) in [7, 11) is 0. The number of rotatable bonds is 3. The van der Waals surface area contributed by atoms with Crippen LogP contribution in [0.3, 0.4) is 0 Å². The number of hydrogen-bond acceptors (Lipinski definition) is 4. The monoisotopic (exact) mass is 255 g/mol. The molecular formula is C11H17N3S2. The Bertz CT molecular complexity index is 346. The van der Waals surface area contributed by atoms with Crippen molar-refractivity contribution in [3.63, 3.8) is 0 Å². The van der Waals surface area contributed by atoms with Crippen LogP contribution < -0.4 is 5.32 Å². The Morgan fingerprint density at radius 3 is 3.19 bits per heavy atom. The maximum atomic E-state index is 4.57. The standard InChI is InChI=1S/C11H17N3S2/c1-8(2)10-3-4-16-11(14-10)12-5-9-6-15-7-13-9/h6-8,10H,3-5H2,1-2H3,(H,12,14). The van der Waals surface area contributed by atoms with Crippen LogP contribution >= 0.6 is 23.1 Å². The van der Waals surface area contributed by atoms with Gasteiger partial charge in [0.05, 0.1) is 17.7 Å². The number of nitrogens with zero attached hydrogens (tertiary/aromatic N) is 2. The lowest BCUT2D eigenvalue weighted by Crippen LogP contribution is -2.41. The zero-order valence-electron chi connectivity index (χ0n) is 9.64. The first-order chi connectivity index (χ1) is 7.75. The summed E-state index contributed by atoms with van der Waals surface area (Å²) in [5, 5.41) is 6.64. The molecule has 1 unspecified atom stereocenters. The SMILES string of the molecule is CC(C)C1CCSC(=NCc2cscn2)N1. The van der Waals surface area contributed by atoms with Crippen LogP contribution in [0.1, 0.15) is 26.0 Å². The van der Waals surface area contributed by atoms with E-state index in [9.17, 15) is 0 Å². The second-order valence-corrected chi connectivity index (χ2v) is 6.04. The molecule has 0 radical (unpaired) electrons. The first-order valence-corrected chi connectivity index (χ1v) is 7.49. The Morgan fingerprint density at radius 1 is 1.62 bits per heavy atom. The van der Waals surface area contributed by atoms with E-state index in [4.69, 9.17) is 0 Å². The number of aliphatic imine (C=N–C) groups is 1. The van der Waals surface area contributed by atoms with Crippen molar-refractivity contribution in [2.75, 3.05) is 5.75 Å². The molecule has 16 heavy (non-hydrogen) atoms. The van der Waals surface area contributed by atoms with E-state index < -0.39 is 0 Å². The quantitative estimate of drug-likeness (QED) is 0.902. The van der Waals surface area contributed by atoms with Crippen LogP contribution in [0.5, 0.6) is 0 Å². The van der Waals surface area contributed by atoms with Gasteiger partial charge in [0.1, 0.15) is 0 Å². The fraction of sp³-hybridized carbons (Fsp3) is 0.636. The first kappa shape index (κ1) is 11.9. The Balaban J connectivity index is 1.91. The minimum Gasteiger partial charge on any atom is -0.362 e. The minimum absolute atomic E-state index is 0.579. The van der Waals surface area contributed by atoms with E-state index in [0.29, 0.717) is 18.5 Å². The maximum absolute atomic E-state index is 4.57. The number of thiazole rings is 1. The summed E-state index contributed by atoms with van der Waals surface area (Å²) >= 11 is 3.44. The lowest BCUT2D eigenvalue weighted by atomic mass is 10.0. The largest absolute Gasteiger partial charge is 0.362 e. The fourth-order valence-electron chi connectivity index (χ4n) is 1.61. The predicted octanol–water partition coefficient (Wildman–Crippen LogP) is 2.75. The first-order valence-electron chi connectivity index (χ1n) is 5.56. The van der Waals surface area contributed by atoms with Crippen molar-refractivity contribution in [2.45, 2.75) is 32.9 Å². The van der Waals surface area contributed by atoms with Crippen molar-refractivity contribution in [2.24, 2.45) is 10.9 Å². The number of amidine groups is 1. The van der Waals surface area contributed by atoms with E-state index in [1.165, 1.54) is 12.2 Å². The molecule has 3 nitrogen and oxygen atoms in total. The van der Waals surface area contributed by atoms with Gasteiger partial charge in [0.2, 0.25) is 0 Å². The molecule has 0 saturated carbocycles. The fourth-order valence-corrected chi connectivity index (χ4v) is 3.12. The second kappa shape index (κ2) is 5.68. The Morgan fingerprint density at radius 2 is 2.50 bits per heavy atom. The summed E-state index contributed by atoms with van der Waals surface area (Å²) in [4.78, 5) is 8.80. The summed E-state index contributed by atoms with van der Waals surface area (Å²) in [6, 6.07) is 0.579. The molecule has 0 aromatic carbocycles. The molecule has 5 heteroatoms. The predicted molar refractivity (Wildman–Crippen MR) is 72.1 cm³/mol. The van der Waals surface area contributed by atoms with E-state index in [1.807, 2.05) is 17.3 Å². The van der Waals surface area contributed by atoms with Crippen molar-refractivity contribution in [3.05, 3.63) is 16.6 Å². The number of nitrogens with one attached hydrogen (secondary N) is 1. The van der Waals surface area contributed by atoms with Gasteiger partial charge in [-0.1, -0.05) is 25.6 Å². The molecule has 1 aliphatic heterocycles. The normalized spacial score (nSPS) is 23.7. The molecule has 2 heterocycles. The number of aromatic nitrogens is 1. The molecule has 0 spiro atoms. The average molecular weight is 255 g/mol. The Kier molecular flexibility index (Phi) is 4.23. The van der Waals surface area contributed by atoms with E-state index in [1.54, 1.807) is 11.3 Å². The van der Waals surface area contributed by atoms with Crippen LogP contribution in [0.25, 0.3) is 0 Å². The van der Waals surface area contributed by atoms with Gasteiger partial charge < -0.3 is 5.32 Å². The second-order valence-electron chi connectivity index (χ2n) is 4.23. The lowest BCUT2D eigenvalue weighted by molar-refractivity contribution is 0.442. The number of hydrogen-bond donors (Lipinski definition) is 1. The Hall–Kier alpha value is -0.550. The van der Waals surface area contributed by atoms with Gasteiger partial charge in [0, 0.05) is 17.2 Å². The van der Waals surface area contributed by atoms with Gasteiger partial charge in [-0.2, -0.15) is 0 Å². The molecule has 0 aliphatic carbocycles. The van der Waals surface area contributed by atoms with Crippen LogP contribution in [0.2, 0.25) is 0 Å². The third-order valence-electron chi connectivity index (χ3n) is 2.65. The van der Waals surface area contributed by atoms with Gasteiger partial charge in [0.15, 0.2) is 5.17 Å². The molecule has 1 aliphatic rings. The van der Waals surface area contributed by atoms with Crippen LogP contribution in [0, 0.1) is 5.92 Å². The molecule has 1 aromatic heterocycles.